The van der Waals surface area contributed by atoms with Crippen LogP contribution in [0.2, 0.25) is 5.02 Å². The number of methoxy groups -OCH3 is 2. The summed E-state index contributed by atoms with van der Waals surface area (Å²) in [6.07, 6.45) is 1.44. The molecule has 0 aliphatic rings. The molecule has 0 saturated heterocycles. The molecule has 0 fully saturated rings. The van der Waals surface area contributed by atoms with Crippen molar-refractivity contribution in [1.29, 1.82) is 0 Å². The van der Waals surface area contributed by atoms with Crippen molar-refractivity contribution in [2.75, 3.05) is 26.1 Å². The molecule has 96 valence electrons. The number of anilines is 1. The molecule has 0 radical (unpaired) electrons. The number of halogens is 1. The van der Waals surface area contributed by atoms with E-state index in [1.165, 1.54) is 0 Å². The summed E-state index contributed by atoms with van der Waals surface area (Å²) in [5.41, 5.74) is 1.75. The van der Waals surface area contributed by atoms with E-state index >= 15 is 0 Å². The zero-order chi connectivity index (χ0) is 13.0. The molecule has 0 bridgehead atoms. The Morgan fingerprint density at radius 2 is 2.06 bits per heavy atom. The van der Waals surface area contributed by atoms with Gasteiger partial charge in [0, 0.05) is 31.5 Å². The lowest BCUT2D eigenvalue weighted by Gasteiger charge is -2.16. The van der Waals surface area contributed by atoms with Gasteiger partial charge in [-0.05, 0) is 24.3 Å². The normalized spacial score (nSPS) is 11.1. The van der Waals surface area contributed by atoms with Gasteiger partial charge in [0.2, 0.25) is 0 Å². The highest BCUT2D eigenvalue weighted by molar-refractivity contribution is 6.35. The molecule has 0 amide bonds. The lowest BCUT2D eigenvalue weighted by Crippen LogP contribution is -2.23. The first-order valence-electron chi connectivity index (χ1n) is 5.59. The molecule has 4 nitrogen and oxygen atoms in total. The van der Waals surface area contributed by atoms with Crippen molar-refractivity contribution in [3.8, 4) is 0 Å². The summed E-state index contributed by atoms with van der Waals surface area (Å²) < 4.78 is 10.3. The number of aromatic nitrogens is 1. The van der Waals surface area contributed by atoms with Crippen LogP contribution in [-0.4, -0.2) is 32.0 Å². The molecule has 1 heterocycles. The number of hydrogen-bond acceptors (Lipinski definition) is 4. The minimum Gasteiger partial charge on any atom is -0.379 e. The maximum absolute atomic E-state index is 6.11. The summed E-state index contributed by atoms with van der Waals surface area (Å²) in [5.74, 6) is 0. The Morgan fingerprint density at radius 3 is 2.78 bits per heavy atom. The molecular formula is C13H15ClN2O2. The van der Waals surface area contributed by atoms with Gasteiger partial charge in [-0.3, -0.25) is 4.98 Å². The van der Waals surface area contributed by atoms with Crippen molar-refractivity contribution in [3.63, 3.8) is 0 Å². The van der Waals surface area contributed by atoms with Crippen LogP contribution in [0.5, 0.6) is 0 Å². The Balaban J connectivity index is 2.26. The Hall–Kier alpha value is -1.36. The third kappa shape index (κ3) is 2.72. The molecule has 0 atom stereocenters. The molecule has 0 spiro atoms. The Kier molecular flexibility index (Phi) is 4.36. The standard InChI is InChI=1S/C13H15ClN2O2/c1-17-12(18-2)8-16-11-6-5-10(14)13-9(11)4-3-7-15-13/h3-7,12,16H,8H2,1-2H3. The largest absolute Gasteiger partial charge is 0.379 e. The molecule has 1 aromatic heterocycles. The summed E-state index contributed by atoms with van der Waals surface area (Å²) in [4.78, 5) is 4.27. The van der Waals surface area contributed by atoms with E-state index in [0.717, 1.165) is 16.6 Å². The van der Waals surface area contributed by atoms with Crippen LogP contribution in [0.4, 0.5) is 5.69 Å². The summed E-state index contributed by atoms with van der Waals surface area (Å²) in [6, 6.07) is 7.61. The summed E-state index contributed by atoms with van der Waals surface area (Å²) >= 11 is 6.11. The van der Waals surface area contributed by atoms with Crippen LogP contribution in [0.3, 0.4) is 0 Å². The third-order valence-corrected chi connectivity index (χ3v) is 3.01. The monoisotopic (exact) mass is 266 g/mol. The van der Waals surface area contributed by atoms with Gasteiger partial charge in [0.15, 0.2) is 6.29 Å². The molecule has 0 aliphatic carbocycles. The molecule has 0 unspecified atom stereocenters. The smallest absolute Gasteiger partial charge is 0.173 e. The highest BCUT2D eigenvalue weighted by Crippen LogP contribution is 2.27. The van der Waals surface area contributed by atoms with Gasteiger partial charge in [-0.1, -0.05) is 11.6 Å². The zero-order valence-electron chi connectivity index (χ0n) is 10.3. The second-order valence-electron chi connectivity index (χ2n) is 3.78. The number of rotatable bonds is 5. The number of pyridine rings is 1. The maximum atomic E-state index is 6.11. The SMILES string of the molecule is COC(CNc1ccc(Cl)c2ncccc12)OC. The molecule has 2 aromatic rings. The third-order valence-electron chi connectivity index (χ3n) is 2.71. The second kappa shape index (κ2) is 6.00. The summed E-state index contributed by atoms with van der Waals surface area (Å²) in [6.45, 7) is 0.554. The van der Waals surface area contributed by atoms with E-state index in [0.29, 0.717) is 11.6 Å². The molecular weight excluding hydrogens is 252 g/mol. The average Bonchev–Trinajstić information content (AvgIpc) is 2.42. The lowest BCUT2D eigenvalue weighted by molar-refractivity contribution is -0.0913. The van der Waals surface area contributed by atoms with Crippen molar-refractivity contribution < 1.29 is 9.47 Å². The van der Waals surface area contributed by atoms with Crippen molar-refractivity contribution in [1.82, 2.24) is 4.98 Å². The van der Waals surface area contributed by atoms with Gasteiger partial charge in [-0.2, -0.15) is 0 Å². The van der Waals surface area contributed by atoms with Crippen LogP contribution >= 0.6 is 11.6 Å². The highest BCUT2D eigenvalue weighted by Gasteiger charge is 2.08. The van der Waals surface area contributed by atoms with Crippen LogP contribution < -0.4 is 5.32 Å². The number of fused-ring (bicyclic) bond motifs is 1. The Morgan fingerprint density at radius 1 is 1.28 bits per heavy atom. The lowest BCUT2D eigenvalue weighted by atomic mass is 10.2. The van der Waals surface area contributed by atoms with Crippen molar-refractivity contribution in [2.45, 2.75) is 6.29 Å². The first kappa shape index (κ1) is 13.1. The van der Waals surface area contributed by atoms with Gasteiger partial charge in [0.25, 0.3) is 0 Å². The van der Waals surface area contributed by atoms with E-state index in [1.807, 2.05) is 24.3 Å². The van der Waals surface area contributed by atoms with Crippen molar-refractivity contribution in [3.05, 3.63) is 35.5 Å². The Bertz CT molecular complexity index is 529. The average molecular weight is 267 g/mol. The van der Waals surface area contributed by atoms with Crippen LogP contribution in [0.25, 0.3) is 10.9 Å². The van der Waals surface area contributed by atoms with Crippen LogP contribution in [0.15, 0.2) is 30.5 Å². The van der Waals surface area contributed by atoms with Gasteiger partial charge in [0.1, 0.15) is 0 Å². The number of ether oxygens (including phenoxy) is 2. The fraction of sp³-hybridized carbons (Fsp3) is 0.308. The van der Waals surface area contributed by atoms with Crippen LogP contribution in [-0.2, 0) is 9.47 Å². The second-order valence-corrected chi connectivity index (χ2v) is 4.18. The molecule has 1 aromatic carbocycles. The molecule has 2 rings (SSSR count). The molecule has 5 heteroatoms. The molecule has 0 saturated carbocycles. The van der Waals surface area contributed by atoms with Crippen molar-refractivity contribution >= 4 is 28.2 Å². The van der Waals surface area contributed by atoms with E-state index in [9.17, 15) is 0 Å². The number of benzene rings is 1. The van der Waals surface area contributed by atoms with Gasteiger partial charge >= 0.3 is 0 Å². The van der Waals surface area contributed by atoms with E-state index < -0.39 is 0 Å². The maximum Gasteiger partial charge on any atom is 0.173 e. The van der Waals surface area contributed by atoms with E-state index in [-0.39, 0.29) is 6.29 Å². The van der Waals surface area contributed by atoms with Crippen molar-refractivity contribution in [2.24, 2.45) is 0 Å². The van der Waals surface area contributed by atoms with Gasteiger partial charge < -0.3 is 14.8 Å². The van der Waals surface area contributed by atoms with E-state index in [4.69, 9.17) is 21.1 Å². The Labute approximate surface area is 111 Å². The van der Waals surface area contributed by atoms with Crippen LogP contribution in [0.1, 0.15) is 0 Å². The number of hydrogen-bond donors (Lipinski definition) is 1. The van der Waals surface area contributed by atoms with Crippen LogP contribution in [0, 0.1) is 0 Å². The van der Waals surface area contributed by atoms with Gasteiger partial charge in [-0.25, -0.2) is 0 Å². The minimum atomic E-state index is -0.285. The summed E-state index contributed by atoms with van der Waals surface area (Å²) in [5, 5.41) is 4.90. The zero-order valence-corrected chi connectivity index (χ0v) is 11.1. The molecule has 18 heavy (non-hydrogen) atoms. The van der Waals surface area contributed by atoms with Gasteiger partial charge in [-0.15, -0.1) is 0 Å². The first-order valence-corrected chi connectivity index (χ1v) is 5.96. The summed E-state index contributed by atoms with van der Waals surface area (Å²) in [7, 11) is 3.22. The molecule has 0 aliphatic heterocycles. The number of nitrogens with zero attached hydrogens (tertiary/aromatic N) is 1. The highest BCUT2D eigenvalue weighted by atomic mass is 35.5. The number of nitrogens with one attached hydrogen (secondary N) is 1. The molecule has 1 N–H and O–H groups in total. The van der Waals surface area contributed by atoms with E-state index in [2.05, 4.69) is 10.3 Å². The van der Waals surface area contributed by atoms with Gasteiger partial charge in [0.05, 0.1) is 17.1 Å². The van der Waals surface area contributed by atoms with E-state index in [1.54, 1.807) is 20.4 Å². The fourth-order valence-electron chi connectivity index (χ4n) is 1.75. The fourth-order valence-corrected chi connectivity index (χ4v) is 1.96. The topological polar surface area (TPSA) is 43.4 Å². The first-order chi connectivity index (χ1) is 8.76. The predicted molar refractivity (Wildman–Crippen MR) is 73.0 cm³/mol. The quantitative estimate of drug-likeness (QED) is 0.845. The predicted octanol–water partition coefficient (Wildman–Crippen LogP) is 2.92. The minimum absolute atomic E-state index is 0.285.